The summed E-state index contributed by atoms with van der Waals surface area (Å²) in [7, 11) is 0. The summed E-state index contributed by atoms with van der Waals surface area (Å²) in [5.41, 5.74) is 3.80. The molecule has 3 heterocycles. The largest absolute Gasteiger partial charge is 0.493 e. The van der Waals surface area contributed by atoms with Crippen LogP contribution >= 0.6 is 0 Å². The molecule has 0 spiro atoms. The van der Waals surface area contributed by atoms with Gasteiger partial charge in [0.25, 0.3) is 5.95 Å². The predicted octanol–water partition coefficient (Wildman–Crippen LogP) is 6.84. The molecule has 2 aromatic carbocycles. The van der Waals surface area contributed by atoms with Crippen LogP contribution in [0, 0.1) is 0 Å². The van der Waals surface area contributed by atoms with Crippen molar-refractivity contribution in [2.24, 2.45) is 0 Å². The summed E-state index contributed by atoms with van der Waals surface area (Å²) in [6, 6.07) is 17.4. The predicted molar refractivity (Wildman–Crippen MR) is 157 cm³/mol. The fourth-order valence-corrected chi connectivity index (χ4v) is 5.14. The quantitative estimate of drug-likeness (QED) is 0.149. The number of nitrogens with one attached hydrogen (secondary N) is 2. The van der Waals surface area contributed by atoms with Crippen LogP contribution in [0.2, 0.25) is 0 Å². The first-order valence-corrected chi connectivity index (χ1v) is 14.6. The Bertz CT molecular complexity index is 1690. The summed E-state index contributed by atoms with van der Waals surface area (Å²) in [4.78, 5) is 16.1. The van der Waals surface area contributed by atoms with Gasteiger partial charge in [-0.15, -0.1) is 0 Å². The highest BCUT2D eigenvalue weighted by Crippen LogP contribution is 2.48. The van der Waals surface area contributed by atoms with E-state index in [0.717, 1.165) is 73.1 Å². The van der Waals surface area contributed by atoms with Gasteiger partial charge in [-0.25, -0.2) is 4.79 Å². The minimum Gasteiger partial charge on any atom is -0.493 e. The van der Waals surface area contributed by atoms with Crippen molar-refractivity contribution in [1.82, 2.24) is 15.6 Å². The first-order chi connectivity index (χ1) is 20.7. The molecule has 3 aromatic heterocycles. The third-order valence-corrected chi connectivity index (χ3v) is 7.51. The van der Waals surface area contributed by atoms with Crippen LogP contribution in [0.25, 0.3) is 21.9 Å². The summed E-state index contributed by atoms with van der Waals surface area (Å²) in [5.74, 6) is 2.97. The second kappa shape index (κ2) is 11.8. The van der Waals surface area contributed by atoms with E-state index in [2.05, 4.69) is 21.7 Å². The van der Waals surface area contributed by atoms with Crippen molar-refractivity contribution in [1.29, 1.82) is 0 Å². The standard InChI is InChI=1S/C33H33N3O6/c37-33(36-24-9-10-24)42-30-17-23-16-25(11-12-26(23)41-30)39-20-29-31(22-7-8-22)32-27(5-1-6-28(32)40-29)38-15-3-14-35-19-21-4-2-13-34-18-21/h1-2,4-6,11-13,16-18,22,24,35H,3,7-10,14-15,19-20H2,(H,36,37). The van der Waals surface area contributed by atoms with Crippen LogP contribution in [0.15, 0.2) is 75.8 Å². The summed E-state index contributed by atoms with van der Waals surface area (Å²) in [6.45, 7) is 2.56. The number of furan rings is 2. The maximum Gasteiger partial charge on any atom is 0.415 e. The van der Waals surface area contributed by atoms with Gasteiger partial charge >= 0.3 is 6.09 Å². The summed E-state index contributed by atoms with van der Waals surface area (Å²) < 4.78 is 29.7. The van der Waals surface area contributed by atoms with Crippen molar-refractivity contribution in [3.05, 3.63) is 83.9 Å². The second-order valence-electron chi connectivity index (χ2n) is 10.9. The molecule has 2 saturated carbocycles. The first kappa shape index (κ1) is 26.4. The molecule has 0 bridgehead atoms. The highest BCUT2D eigenvalue weighted by atomic mass is 16.6. The van der Waals surface area contributed by atoms with Gasteiger partial charge in [-0.2, -0.15) is 0 Å². The third-order valence-electron chi connectivity index (χ3n) is 7.51. The number of benzene rings is 2. The van der Waals surface area contributed by atoms with Gasteiger partial charge in [-0.3, -0.25) is 4.98 Å². The maximum absolute atomic E-state index is 12.0. The Balaban J connectivity index is 0.994. The number of hydrogen-bond acceptors (Lipinski definition) is 8. The van der Waals surface area contributed by atoms with Crippen molar-refractivity contribution < 1.29 is 27.8 Å². The van der Waals surface area contributed by atoms with E-state index in [1.165, 1.54) is 11.1 Å². The van der Waals surface area contributed by atoms with Crippen molar-refractivity contribution in [2.45, 2.75) is 57.2 Å². The van der Waals surface area contributed by atoms with Crippen LogP contribution in [-0.2, 0) is 13.2 Å². The van der Waals surface area contributed by atoms with E-state index in [1.807, 2.05) is 48.7 Å². The number of hydrogen-bond donors (Lipinski definition) is 2. The van der Waals surface area contributed by atoms with Crippen molar-refractivity contribution >= 4 is 28.0 Å². The molecule has 216 valence electrons. The lowest BCUT2D eigenvalue weighted by Gasteiger charge is -2.10. The summed E-state index contributed by atoms with van der Waals surface area (Å²) in [5, 5.41) is 8.08. The molecular formula is C33H33N3O6. The average molecular weight is 568 g/mol. The smallest absolute Gasteiger partial charge is 0.415 e. The fraction of sp³-hybridized carbons (Fsp3) is 0.333. The van der Waals surface area contributed by atoms with Crippen LogP contribution in [-0.4, -0.2) is 30.3 Å². The average Bonchev–Trinajstić information content (AvgIpc) is 3.93. The molecule has 42 heavy (non-hydrogen) atoms. The normalized spacial score (nSPS) is 14.8. The van der Waals surface area contributed by atoms with Gasteiger partial charge < -0.3 is 33.7 Å². The molecule has 0 saturated heterocycles. The Morgan fingerprint density at radius 2 is 1.90 bits per heavy atom. The molecule has 0 atom stereocenters. The number of carbonyl (C=O) groups is 1. The highest BCUT2D eigenvalue weighted by molar-refractivity contribution is 5.89. The number of nitrogens with zero attached hydrogens (tertiary/aromatic N) is 1. The minimum atomic E-state index is -0.494. The fourth-order valence-electron chi connectivity index (χ4n) is 5.14. The van der Waals surface area contributed by atoms with Crippen molar-refractivity contribution in [2.75, 3.05) is 13.2 Å². The van der Waals surface area contributed by atoms with Crippen molar-refractivity contribution in [3.63, 3.8) is 0 Å². The molecule has 2 fully saturated rings. The van der Waals surface area contributed by atoms with Gasteiger partial charge in [0.2, 0.25) is 0 Å². The van der Waals surface area contributed by atoms with E-state index in [9.17, 15) is 4.79 Å². The van der Waals surface area contributed by atoms with Gasteiger partial charge in [0.1, 0.15) is 35.0 Å². The summed E-state index contributed by atoms with van der Waals surface area (Å²) in [6.07, 6.45) is 8.30. The Hall–Kier alpha value is -4.50. The third kappa shape index (κ3) is 6.21. The molecule has 5 aromatic rings. The molecule has 9 nitrogen and oxygen atoms in total. The van der Waals surface area contributed by atoms with Gasteiger partial charge in [-0.1, -0.05) is 12.1 Å². The first-order valence-electron chi connectivity index (χ1n) is 14.6. The minimum absolute atomic E-state index is 0.158. The Morgan fingerprint density at radius 1 is 0.976 bits per heavy atom. The molecular weight excluding hydrogens is 534 g/mol. The number of fused-ring (bicyclic) bond motifs is 2. The van der Waals surface area contributed by atoms with E-state index in [4.69, 9.17) is 23.0 Å². The van der Waals surface area contributed by atoms with Crippen LogP contribution in [0.1, 0.15) is 54.9 Å². The number of aromatic nitrogens is 1. The van der Waals surface area contributed by atoms with Crippen molar-refractivity contribution in [3.8, 4) is 17.4 Å². The van der Waals surface area contributed by atoms with E-state index in [-0.39, 0.29) is 12.0 Å². The molecule has 1 amide bonds. The van der Waals surface area contributed by atoms with Crippen LogP contribution in [0.4, 0.5) is 4.79 Å². The lowest BCUT2D eigenvalue weighted by atomic mass is 10.1. The van der Waals surface area contributed by atoms with Crippen LogP contribution < -0.4 is 24.8 Å². The molecule has 0 aliphatic heterocycles. The second-order valence-corrected chi connectivity index (χ2v) is 10.9. The van der Waals surface area contributed by atoms with E-state index in [0.29, 0.717) is 30.5 Å². The van der Waals surface area contributed by atoms with Gasteiger partial charge in [0, 0.05) is 42.0 Å². The Labute approximate surface area is 243 Å². The molecule has 0 radical (unpaired) electrons. The van der Waals surface area contributed by atoms with E-state index < -0.39 is 6.09 Å². The van der Waals surface area contributed by atoms with E-state index in [1.54, 1.807) is 12.3 Å². The lowest BCUT2D eigenvalue weighted by molar-refractivity contribution is 0.188. The monoisotopic (exact) mass is 567 g/mol. The molecule has 9 heteroatoms. The number of carbonyl (C=O) groups excluding carboxylic acids is 1. The molecule has 7 rings (SSSR count). The number of ether oxygens (including phenoxy) is 3. The zero-order valence-electron chi connectivity index (χ0n) is 23.3. The Kier molecular flexibility index (Phi) is 7.40. The number of pyridine rings is 1. The van der Waals surface area contributed by atoms with Crippen LogP contribution in [0.5, 0.6) is 17.4 Å². The SMILES string of the molecule is O=C(NC1CC1)Oc1cc2cc(OCc3oc4cccc(OCCCNCc5cccnc5)c4c3C3CC3)ccc2o1. The molecule has 2 aliphatic carbocycles. The molecule has 2 N–H and O–H groups in total. The number of rotatable bonds is 13. The molecule has 0 unspecified atom stereocenters. The Morgan fingerprint density at radius 3 is 2.74 bits per heavy atom. The maximum atomic E-state index is 12.0. The highest BCUT2D eigenvalue weighted by Gasteiger charge is 2.32. The lowest BCUT2D eigenvalue weighted by Crippen LogP contribution is -2.28. The molecule has 2 aliphatic rings. The van der Waals surface area contributed by atoms with E-state index >= 15 is 0 Å². The topological polar surface area (TPSA) is 108 Å². The zero-order valence-corrected chi connectivity index (χ0v) is 23.3. The van der Waals surface area contributed by atoms with Gasteiger partial charge in [-0.05, 0) is 86.5 Å². The van der Waals surface area contributed by atoms with Gasteiger partial charge in [0.15, 0.2) is 0 Å². The van der Waals surface area contributed by atoms with Crippen LogP contribution in [0.3, 0.4) is 0 Å². The zero-order chi connectivity index (χ0) is 28.3. The summed E-state index contributed by atoms with van der Waals surface area (Å²) >= 11 is 0. The number of amides is 1. The van der Waals surface area contributed by atoms with Gasteiger partial charge in [0.05, 0.1) is 12.0 Å².